The monoisotopic (exact) mass is 439 g/mol. The van der Waals surface area contributed by atoms with Gasteiger partial charge in [0.15, 0.2) is 0 Å². The number of hydrogen-bond donors (Lipinski definition) is 2. The molecule has 8 heteroatoms. The number of carboxylic acid groups (broad SMARTS) is 1. The van der Waals surface area contributed by atoms with Gasteiger partial charge in [-0.1, -0.05) is 23.7 Å². The number of rotatable bonds is 4. The lowest BCUT2D eigenvalue weighted by atomic mass is 9.68. The number of aromatic nitrogens is 2. The minimum Gasteiger partial charge on any atom is -0.465 e. The first kappa shape index (κ1) is 18.9. The maximum Gasteiger partial charge on any atom is 0.404 e. The second kappa shape index (κ2) is 7.80. The summed E-state index contributed by atoms with van der Waals surface area (Å²) < 4.78 is 2.15. The Bertz CT molecular complexity index is 863. The first-order chi connectivity index (χ1) is 12.4. The summed E-state index contributed by atoms with van der Waals surface area (Å²) in [6.07, 6.45) is 1.89. The van der Waals surface area contributed by atoms with Gasteiger partial charge in [0, 0.05) is 23.0 Å². The third kappa shape index (κ3) is 4.10. The third-order valence-corrected chi connectivity index (χ3v) is 5.72. The molecule has 0 aliphatic heterocycles. The van der Waals surface area contributed by atoms with Gasteiger partial charge in [0.05, 0.1) is 6.04 Å². The van der Waals surface area contributed by atoms with Crippen LogP contribution in [0, 0.1) is 0 Å². The fraction of sp³-hybridized carbons (Fsp3) is 0.389. The van der Waals surface area contributed by atoms with Gasteiger partial charge in [0.25, 0.3) is 5.56 Å². The van der Waals surface area contributed by atoms with E-state index in [-0.39, 0.29) is 17.0 Å². The maximum atomic E-state index is 12.1. The lowest BCUT2D eigenvalue weighted by Gasteiger charge is -2.40. The molecule has 1 heterocycles. The van der Waals surface area contributed by atoms with Crippen LogP contribution >= 0.6 is 27.5 Å². The standard InChI is InChI=1S/C18H19BrClN3O3/c19-15-4-5-16(24)23(22-15)14-6-8-18(9-7-14,11-21-17(25)26)12-2-1-3-13(20)10-12/h1-5,10,14,21H,6-9,11H2,(H,25,26). The molecule has 1 saturated carbocycles. The second-order valence-corrected chi connectivity index (χ2v) is 7.87. The summed E-state index contributed by atoms with van der Waals surface area (Å²) in [5, 5.41) is 16.5. The first-order valence-corrected chi connectivity index (χ1v) is 9.55. The summed E-state index contributed by atoms with van der Waals surface area (Å²) in [5.41, 5.74) is 0.555. The molecule has 1 aliphatic rings. The zero-order valence-corrected chi connectivity index (χ0v) is 16.3. The largest absolute Gasteiger partial charge is 0.465 e. The van der Waals surface area contributed by atoms with E-state index in [9.17, 15) is 9.59 Å². The van der Waals surface area contributed by atoms with Gasteiger partial charge in [0.2, 0.25) is 0 Å². The van der Waals surface area contributed by atoms with Crippen molar-refractivity contribution in [1.29, 1.82) is 0 Å². The lowest BCUT2D eigenvalue weighted by molar-refractivity contribution is 0.178. The van der Waals surface area contributed by atoms with Crippen molar-refractivity contribution in [3.8, 4) is 0 Å². The predicted molar refractivity (Wildman–Crippen MR) is 103 cm³/mol. The summed E-state index contributed by atoms with van der Waals surface area (Å²) in [6, 6.07) is 10.7. The molecule has 0 atom stereocenters. The van der Waals surface area contributed by atoms with Gasteiger partial charge in [-0.2, -0.15) is 5.10 Å². The Morgan fingerprint density at radius 1 is 1.35 bits per heavy atom. The Hall–Kier alpha value is -1.86. The molecule has 0 radical (unpaired) electrons. The molecule has 138 valence electrons. The smallest absolute Gasteiger partial charge is 0.404 e. The van der Waals surface area contributed by atoms with Crippen LogP contribution in [0.4, 0.5) is 4.79 Å². The van der Waals surface area contributed by atoms with Crippen molar-refractivity contribution in [3.63, 3.8) is 0 Å². The van der Waals surface area contributed by atoms with Crippen LogP contribution in [0.5, 0.6) is 0 Å². The fourth-order valence-electron chi connectivity index (χ4n) is 3.69. The molecule has 26 heavy (non-hydrogen) atoms. The Kier molecular flexibility index (Phi) is 5.67. The molecular weight excluding hydrogens is 422 g/mol. The number of carbonyl (C=O) groups is 1. The highest BCUT2D eigenvalue weighted by Gasteiger charge is 2.38. The first-order valence-electron chi connectivity index (χ1n) is 8.38. The van der Waals surface area contributed by atoms with E-state index in [1.165, 1.54) is 10.7 Å². The molecular formula is C18H19BrClN3O3. The Morgan fingerprint density at radius 3 is 2.73 bits per heavy atom. The van der Waals surface area contributed by atoms with E-state index in [0.717, 1.165) is 31.2 Å². The molecule has 0 saturated heterocycles. The summed E-state index contributed by atoms with van der Waals surface area (Å²) in [6.45, 7) is 0.316. The maximum absolute atomic E-state index is 12.1. The van der Waals surface area contributed by atoms with Gasteiger partial charge >= 0.3 is 6.09 Å². The fourth-order valence-corrected chi connectivity index (χ4v) is 4.19. The quantitative estimate of drug-likeness (QED) is 0.753. The molecule has 1 aromatic carbocycles. The SMILES string of the molecule is O=C(O)NCC1(c2cccc(Cl)c2)CCC(n2nc(Br)ccc2=O)CC1. The molecule has 1 amide bonds. The molecule has 1 aromatic heterocycles. The summed E-state index contributed by atoms with van der Waals surface area (Å²) in [4.78, 5) is 23.2. The van der Waals surface area contributed by atoms with Crippen LogP contribution in [0.15, 0.2) is 45.8 Å². The Labute approximate surface area is 164 Å². The van der Waals surface area contributed by atoms with Crippen LogP contribution in [0.25, 0.3) is 0 Å². The van der Waals surface area contributed by atoms with Crippen LogP contribution in [-0.4, -0.2) is 27.5 Å². The van der Waals surface area contributed by atoms with Crippen molar-refractivity contribution < 1.29 is 9.90 Å². The average Bonchev–Trinajstić information content (AvgIpc) is 2.62. The van der Waals surface area contributed by atoms with Gasteiger partial charge in [-0.15, -0.1) is 0 Å². The van der Waals surface area contributed by atoms with Gasteiger partial charge in [0.1, 0.15) is 4.60 Å². The molecule has 1 fully saturated rings. The highest BCUT2D eigenvalue weighted by molar-refractivity contribution is 9.10. The van der Waals surface area contributed by atoms with Crippen molar-refractivity contribution in [2.45, 2.75) is 37.1 Å². The number of nitrogens with one attached hydrogen (secondary N) is 1. The topological polar surface area (TPSA) is 84.2 Å². The molecule has 0 bridgehead atoms. The highest BCUT2D eigenvalue weighted by Crippen LogP contribution is 2.43. The van der Waals surface area contributed by atoms with Gasteiger partial charge in [-0.3, -0.25) is 4.79 Å². The highest BCUT2D eigenvalue weighted by atomic mass is 79.9. The van der Waals surface area contributed by atoms with Crippen LogP contribution in [-0.2, 0) is 5.41 Å². The normalized spacial score (nSPS) is 22.8. The number of halogens is 2. The van der Waals surface area contributed by atoms with E-state index in [1.54, 1.807) is 12.1 Å². The van der Waals surface area contributed by atoms with Crippen molar-refractivity contribution in [2.75, 3.05) is 6.54 Å². The minimum absolute atomic E-state index is 0.00265. The average molecular weight is 441 g/mol. The lowest BCUT2D eigenvalue weighted by Crippen LogP contribution is -2.44. The van der Waals surface area contributed by atoms with Gasteiger partial charge in [-0.25, -0.2) is 9.48 Å². The van der Waals surface area contributed by atoms with Crippen molar-refractivity contribution in [2.24, 2.45) is 0 Å². The number of hydrogen-bond acceptors (Lipinski definition) is 3. The number of nitrogens with zero attached hydrogens (tertiary/aromatic N) is 2. The van der Waals surface area contributed by atoms with E-state index < -0.39 is 6.09 Å². The molecule has 0 unspecified atom stereocenters. The molecule has 0 spiro atoms. The van der Waals surface area contributed by atoms with Crippen LogP contribution in [0.3, 0.4) is 0 Å². The van der Waals surface area contributed by atoms with Gasteiger partial charge < -0.3 is 10.4 Å². The van der Waals surface area contributed by atoms with E-state index >= 15 is 0 Å². The van der Waals surface area contributed by atoms with E-state index in [2.05, 4.69) is 26.3 Å². The van der Waals surface area contributed by atoms with E-state index in [1.807, 2.05) is 18.2 Å². The summed E-state index contributed by atoms with van der Waals surface area (Å²) in [5.74, 6) is 0. The van der Waals surface area contributed by atoms with E-state index in [0.29, 0.717) is 16.2 Å². The molecule has 1 aliphatic carbocycles. The van der Waals surface area contributed by atoms with Crippen LogP contribution < -0.4 is 10.9 Å². The predicted octanol–water partition coefficient (Wildman–Crippen LogP) is 3.98. The molecule has 6 nitrogen and oxygen atoms in total. The second-order valence-electron chi connectivity index (χ2n) is 6.62. The van der Waals surface area contributed by atoms with Crippen LogP contribution in [0.2, 0.25) is 5.02 Å². The van der Waals surface area contributed by atoms with E-state index in [4.69, 9.17) is 16.7 Å². The zero-order chi connectivity index (χ0) is 18.7. The Balaban J connectivity index is 1.86. The third-order valence-electron chi connectivity index (χ3n) is 5.07. The Morgan fingerprint density at radius 2 is 2.08 bits per heavy atom. The molecule has 3 rings (SSSR count). The zero-order valence-electron chi connectivity index (χ0n) is 14.0. The number of benzene rings is 1. The minimum atomic E-state index is -1.04. The van der Waals surface area contributed by atoms with Crippen molar-refractivity contribution >= 4 is 33.6 Å². The van der Waals surface area contributed by atoms with Crippen molar-refractivity contribution in [1.82, 2.24) is 15.1 Å². The molecule has 2 aromatic rings. The summed E-state index contributed by atoms with van der Waals surface area (Å²) >= 11 is 9.46. The van der Waals surface area contributed by atoms with Gasteiger partial charge in [-0.05, 0) is 65.4 Å². The van der Waals surface area contributed by atoms with Crippen molar-refractivity contribution in [3.05, 3.63) is 61.9 Å². The van der Waals surface area contributed by atoms with Crippen LogP contribution in [0.1, 0.15) is 37.3 Å². The summed E-state index contributed by atoms with van der Waals surface area (Å²) in [7, 11) is 0. The molecule has 2 N–H and O–H groups in total. The number of amides is 1.